The molecule has 1 N–H and O–H groups in total. The molecule has 2 rings (SSSR count). The maximum atomic E-state index is 12.6. The zero-order valence-electron chi connectivity index (χ0n) is 14.4. The summed E-state index contributed by atoms with van der Waals surface area (Å²) >= 11 is 0. The first kappa shape index (κ1) is 18.2. The number of hydrogen-bond donors (Lipinski definition) is 1. The molecule has 2 aromatic rings. The normalized spacial score (nSPS) is 11.9. The van der Waals surface area contributed by atoms with E-state index in [1.165, 1.54) is 24.3 Å². The number of hydrogen-bond acceptors (Lipinski definition) is 3. The maximum Gasteiger partial charge on any atom is 0.339 e. The van der Waals surface area contributed by atoms with Crippen LogP contribution in [-0.2, 0) is 9.53 Å². The summed E-state index contributed by atoms with van der Waals surface area (Å²) in [6, 6.07) is 15.0. The second-order valence-electron chi connectivity index (χ2n) is 6.59. The molecule has 1 amide bonds. The van der Waals surface area contributed by atoms with Gasteiger partial charge in [0.2, 0.25) is 6.10 Å². The summed E-state index contributed by atoms with van der Waals surface area (Å²) in [5.74, 6) is -1.00. The van der Waals surface area contributed by atoms with Crippen molar-refractivity contribution in [1.82, 2.24) is 5.32 Å². The van der Waals surface area contributed by atoms with Crippen LogP contribution in [0, 0.1) is 6.57 Å². The number of amides is 1. The number of nitrogens with one attached hydrogen (secondary N) is 1. The Morgan fingerprint density at radius 1 is 1.04 bits per heavy atom. The van der Waals surface area contributed by atoms with Crippen LogP contribution < -0.4 is 5.32 Å². The van der Waals surface area contributed by atoms with Crippen molar-refractivity contribution in [1.29, 1.82) is 0 Å². The third-order valence-corrected chi connectivity index (χ3v) is 3.30. The first-order valence-corrected chi connectivity index (χ1v) is 7.85. The summed E-state index contributed by atoms with van der Waals surface area (Å²) in [6.45, 7) is 12.5. The van der Waals surface area contributed by atoms with Crippen LogP contribution in [0.25, 0.3) is 4.85 Å². The Morgan fingerprint density at radius 2 is 1.64 bits per heavy atom. The molecule has 0 saturated heterocycles. The van der Waals surface area contributed by atoms with Gasteiger partial charge in [-0.25, -0.2) is 9.64 Å². The lowest BCUT2D eigenvalue weighted by molar-refractivity contribution is -0.131. The number of carbonyl (C=O) groups is 2. The number of rotatable bonds is 4. The van der Waals surface area contributed by atoms with E-state index in [0.29, 0.717) is 11.3 Å². The molecule has 0 radical (unpaired) electrons. The van der Waals surface area contributed by atoms with E-state index >= 15 is 0 Å². The van der Waals surface area contributed by atoms with Gasteiger partial charge in [0.05, 0.1) is 12.1 Å². The second kappa shape index (κ2) is 7.63. The van der Waals surface area contributed by atoms with Gasteiger partial charge < -0.3 is 10.1 Å². The number of esters is 1. The Morgan fingerprint density at radius 3 is 2.16 bits per heavy atom. The highest BCUT2D eigenvalue weighted by atomic mass is 16.5. The molecule has 0 aliphatic carbocycles. The minimum absolute atomic E-state index is 0.289. The van der Waals surface area contributed by atoms with Crippen LogP contribution >= 0.6 is 0 Å². The summed E-state index contributed by atoms with van der Waals surface area (Å²) < 4.78 is 5.48. The van der Waals surface area contributed by atoms with E-state index in [2.05, 4.69) is 10.2 Å². The van der Waals surface area contributed by atoms with Gasteiger partial charge in [-0.3, -0.25) is 4.79 Å². The van der Waals surface area contributed by atoms with Crippen LogP contribution in [0.2, 0.25) is 0 Å². The molecule has 0 aliphatic heterocycles. The van der Waals surface area contributed by atoms with Gasteiger partial charge in [-0.15, -0.1) is 0 Å². The monoisotopic (exact) mass is 336 g/mol. The molecule has 0 heterocycles. The van der Waals surface area contributed by atoms with Crippen LogP contribution in [-0.4, -0.2) is 17.4 Å². The third kappa shape index (κ3) is 5.18. The van der Waals surface area contributed by atoms with E-state index in [0.717, 1.165) is 0 Å². The average molecular weight is 336 g/mol. The number of nitrogens with zero attached hydrogens (tertiary/aromatic N) is 1. The molecule has 25 heavy (non-hydrogen) atoms. The van der Waals surface area contributed by atoms with Crippen molar-refractivity contribution >= 4 is 17.6 Å². The highest BCUT2D eigenvalue weighted by Crippen LogP contribution is 2.21. The fourth-order valence-corrected chi connectivity index (χ4v) is 2.18. The predicted octanol–water partition coefficient (Wildman–Crippen LogP) is 4.05. The summed E-state index contributed by atoms with van der Waals surface area (Å²) in [5, 5.41) is 2.84. The van der Waals surface area contributed by atoms with E-state index in [1.54, 1.807) is 24.3 Å². The fourth-order valence-electron chi connectivity index (χ4n) is 2.18. The molecule has 0 bridgehead atoms. The molecule has 1 unspecified atom stereocenters. The number of ether oxygens (including phenoxy) is 1. The minimum Gasteiger partial charge on any atom is -0.444 e. The first-order valence-electron chi connectivity index (χ1n) is 7.85. The number of benzene rings is 2. The van der Waals surface area contributed by atoms with E-state index in [1.807, 2.05) is 26.8 Å². The summed E-state index contributed by atoms with van der Waals surface area (Å²) in [6.07, 6.45) is -1.05. The lowest BCUT2D eigenvalue weighted by Crippen LogP contribution is -2.44. The van der Waals surface area contributed by atoms with Crippen molar-refractivity contribution in [2.24, 2.45) is 0 Å². The van der Waals surface area contributed by atoms with Crippen LogP contribution in [0.15, 0.2) is 54.6 Å². The Kier molecular flexibility index (Phi) is 5.56. The van der Waals surface area contributed by atoms with Crippen LogP contribution in [0.4, 0.5) is 5.69 Å². The second-order valence-corrected chi connectivity index (χ2v) is 6.59. The van der Waals surface area contributed by atoms with E-state index in [-0.39, 0.29) is 11.5 Å². The molecule has 0 spiro atoms. The molecule has 5 nitrogen and oxygen atoms in total. The lowest BCUT2D eigenvalue weighted by Gasteiger charge is -2.25. The zero-order valence-corrected chi connectivity index (χ0v) is 14.4. The largest absolute Gasteiger partial charge is 0.444 e. The highest BCUT2D eigenvalue weighted by molar-refractivity contribution is 5.93. The molecule has 0 aromatic heterocycles. The zero-order chi connectivity index (χ0) is 18.4. The molecule has 2 aromatic carbocycles. The first-order chi connectivity index (χ1) is 11.8. The molecule has 5 heteroatoms. The Bertz CT molecular complexity index is 784. The fraction of sp³-hybridized carbons (Fsp3) is 0.250. The third-order valence-electron chi connectivity index (χ3n) is 3.30. The van der Waals surface area contributed by atoms with Gasteiger partial charge in [0, 0.05) is 11.1 Å². The predicted molar refractivity (Wildman–Crippen MR) is 95.2 cm³/mol. The summed E-state index contributed by atoms with van der Waals surface area (Å²) in [5.41, 5.74) is 0.863. The van der Waals surface area contributed by atoms with Gasteiger partial charge in [0.1, 0.15) is 0 Å². The molecule has 128 valence electrons. The minimum atomic E-state index is -1.05. The Labute approximate surface area is 147 Å². The van der Waals surface area contributed by atoms with Gasteiger partial charge >= 0.3 is 5.97 Å². The molecule has 1 atom stereocenters. The van der Waals surface area contributed by atoms with Crippen molar-refractivity contribution < 1.29 is 14.3 Å². The molecule has 0 fully saturated rings. The Hall–Kier alpha value is -3.13. The smallest absolute Gasteiger partial charge is 0.339 e. The lowest BCUT2D eigenvalue weighted by atomic mass is 10.1. The van der Waals surface area contributed by atoms with Crippen molar-refractivity contribution in [3.05, 3.63) is 77.1 Å². The van der Waals surface area contributed by atoms with Crippen LogP contribution in [0.5, 0.6) is 0 Å². The topological polar surface area (TPSA) is 59.8 Å². The van der Waals surface area contributed by atoms with Gasteiger partial charge in [-0.1, -0.05) is 54.6 Å². The van der Waals surface area contributed by atoms with Crippen molar-refractivity contribution in [2.45, 2.75) is 32.4 Å². The molecule has 0 saturated carbocycles. The van der Waals surface area contributed by atoms with Crippen LogP contribution in [0.3, 0.4) is 0 Å². The quantitative estimate of drug-likeness (QED) is 0.677. The maximum absolute atomic E-state index is 12.6. The van der Waals surface area contributed by atoms with E-state index in [4.69, 9.17) is 11.3 Å². The van der Waals surface area contributed by atoms with Crippen molar-refractivity contribution in [2.75, 3.05) is 0 Å². The molecular weight excluding hydrogens is 316 g/mol. The summed E-state index contributed by atoms with van der Waals surface area (Å²) in [4.78, 5) is 28.3. The van der Waals surface area contributed by atoms with E-state index in [9.17, 15) is 9.59 Å². The van der Waals surface area contributed by atoms with Gasteiger partial charge in [0.15, 0.2) is 5.69 Å². The van der Waals surface area contributed by atoms with Gasteiger partial charge in [0.25, 0.3) is 5.91 Å². The SMILES string of the molecule is [C-]#[N+]c1ccc(C(=O)OC(C(=O)NC(C)(C)C)c2ccccc2)cc1. The van der Waals surface area contributed by atoms with Crippen molar-refractivity contribution in [3.63, 3.8) is 0 Å². The number of carbonyl (C=O) groups excluding carboxylic acids is 2. The highest BCUT2D eigenvalue weighted by Gasteiger charge is 2.28. The molecular formula is C20H20N2O3. The van der Waals surface area contributed by atoms with Gasteiger partial charge in [-0.2, -0.15) is 0 Å². The van der Waals surface area contributed by atoms with Crippen molar-refractivity contribution in [3.8, 4) is 0 Å². The average Bonchev–Trinajstić information content (AvgIpc) is 2.58. The van der Waals surface area contributed by atoms with E-state index < -0.39 is 17.6 Å². The molecule has 0 aliphatic rings. The standard InChI is InChI=1S/C20H20N2O3/c1-20(2,3)22-18(23)17(14-8-6-5-7-9-14)25-19(24)15-10-12-16(21-4)13-11-15/h5-13,17H,1-3H3,(H,22,23). The summed E-state index contributed by atoms with van der Waals surface area (Å²) in [7, 11) is 0. The Balaban J connectivity index is 2.24. The van der Waals surface area contributed by atoms with Crippen LogP contribution in [0.1, 0.15) is 42.8 Å². The van der Waals surface area contributed by atoms with Gasteiger partial charge in [-0.05, 0) is 20.8 Å².